The molecule has 0 aromatic carbocycles. The van der Waals surface area contributed by atoms with Gasteiger partial charge in [0.25, 0.3) is 0 Å². The Bertz CT molecular complexity index is 369. The Balaban J connectivity index is 3.13. The average Bonchev–Trinajstić information content (AvgIpc) is 2.77. The molecule has 1 atom stereocenters. The highest BCUT2D eigenvalue weighted by Crippen LogP contribution is 2.16. The van der Waals surface area contributed by atoms with Gasteiger partial charge in [-0.15, -0.1) is 0 Å². The van der Waals surface area contributed by atoms with Crippen molar-refractivity contribution in [2.75, 3.05) is 0 Å². The molecule has 0 aromatic rings. The van der Waals surface area contributed by atoms with Gasteiger partial charge in [0, 0.05) is 6.42 Å². The molecule has 0 amide bonds. The van der Waals surface area contributed by atoms with Gasteiger partial charge in [-0.3, -0.25) is 4.79 Å². The first kappa shape index (κ1) is 31.4. The molecular formula is C29H58O3. The van der Waals surface area contributed by atoms with Crippen LogP contribution >= 0.6 is 0 Å². The minimum atomic E-state index is -0.660. The number of carboxylic acid groups (broad SMARTS) is 1. The molecule has 0 heterocycles. The molecule has 32 heavy (non-hydrogen) atoms. The monoisotopic (exact) mass is 454 g/mol. The molecule has 0 radical (unpaired) electrons. The summed E-state index contributed by atoms with van der Waals surface area (Å²) >= 11 is 0. The lowest BCUT2D eigenvalue weighted by molar-refractivity contribution is -0.137. The van der Waals surface area contributed by atoms with E-state index >= 15 is 0 Å². The van der Waals surface area contributed by atoms with Gasteiger partial charge in [-0.2, -0.15) is 0 Å². The molecule has 0 aliphatic rings. The first-order valence-electron chi connectivity index (χ1n) is 14.6. The van der Waals surface area contributed by atoms with Crippen molar-refractivity contribution in [3.05, 3.63) is 0 Å². The number of hydrogen-bond donors (Lipinski definition) is 2. The maximum Gasteiger partial charge on any atom is 0.303 e. The number of aliphatic hydroxyl groups is 1. The van der Waals surface area contributed by atoms with Crippen LogP contribution in [0.15, 0.2) is 0 Å². The molecule has 0 saturated carbocycles. The summed E-state index contributed by atoms with van der Waals surface area (Å²) in [7, 11) is 0. The van der Waals surface area contributed by atoms with Gasteiger partial charge in [-0.25, -0.2) is 0 Å². The van der Waals surface area contributed by atoms with Crippen molar-refractivity contribution < 1.29 is 15.0 Å². The van der Waals surface area contributed by atoms with Crippen molar-refractivity contribution in [3.63, 3.8) is 0 Å². The van der Waals surface area contributed by atoms with E-state index in [1.807, 2.05) is 0 Å². The van der Waals surface area contributed by atoms with E-state index in [1.165, 1.54) is 135 Å². The lowest BCUT2D eigenvalue weighted by Gasteiger charge is -2.10. The fourth-order valence-electron chi connectivity index (χ4n) is 4.61. The summed E-state index contributed by atoms with van der Waals surface area (Å²) in [6.45, 7) is 2.27. The SMILES string of the molecule is CCCCCCCCCCCC(O)CCCCCCCCCCCCCCCCC(=O)O. The highest BCUT2D eigenvalue weighted by molar-refractivity contribution is 5.66. The predicted octanol–water partition coefficient (Wildman–Crippen LogP) is 9.59. The second-order valence-electron chi connectivity index (χ2n) is 10.2. The number of rotatable bonds is 27. The van der Waals surface area contributed by atoms with E-state index in [-0.39, 0.29) is 6.10 Å². The Morgan fingerprint density at radius 1 is 0.500 bits per heavy atom. The summed E-state index contributed by atoms with van der Waals surface area (Å²) in [4.78, 5) is 10.4. The molecule has 0 aromatic heterocycles. The van der Waals surface area contributed by atoms with Crippen LogP contribution in [-0.2, 0) is 4.79 Å². The molecule has 0 aliphatic heterocycles. The number of aliphatic hydroxyl groups excluding tert-OH is 1. The summed E-state index contributed by atoms with van der Waals surface area (Å²) in [6, 6.07) is 0. The largest absolute Gasteiger partial charge is 0.481 e. The van der Waals surface area contributed by atoms with E-state index in [4.69, 9.17) is 5.11 Å². The van der Waals surface area contributed by atoms with Gasteiger partial charge in [-0.05, 0) is 19.3 Å². The van der Waals surface area contributed by atoms with Gasteiger partial charge < -0.3 is 10.2 Å². The van der Waals surface area contributed by atoms with E-state index in [1.54, 1.807) is 0 Å². The van der Waals surface area contributed by atoms with Crippen molar-refractivity contribution in [3.8, 4) is 0 Å². The third kappa shape index (κ3) is 27.5. The normalized spacial score (nSPS) is 12.3. The summed E-state index contributed by atoms with van der Waals surface area (Å²) < 4.78 is 0. The third-order valence-electron chi connectivity index (χ3n) is 6.82. The number of aliphatic carboxylic acids is 1. The van der Waals surface area contributed by atoms with Gasteiger partial charge in [0.2, 0.25) is 0 Å². The van der Waals surface area contributed by atoms with E-state index in [0.717, 1.165) is 25.7 Å². The van der Waals surface area contributed by atoms with Crippen LogP contribution < -0.4 is 0 Å². The summed E-state index contributed by atoms with van der Waals surface area (Å²) in [5, 5.41) is 18.8. The maximum atomic E-state index is 10.4. The van der Waals surface area contributed by atoms with Crippen molar-refractivity contribution >= 4 is 5.97 Å². The minimum Gasteiger partial charge on any atom is -0.481 e. The zero-order valence-electron chi connectivity index (χ0n) is 21.8. The summed E-state index contributed by atoms with van der Waals surface area (Å²) in [5.74, 6) is -0.660. The molecule has 0 spiro atoms. The molecule has 0 rings (SSSR count). The minimum absolute atomic E-state index is 0.0586. The molecule has 3 heteroatoms. The molecule has 0 bridgehead atoms. The van der Waals surface area contributed by atoms with Gasteiger partial charge >= 0.3 is 5.97 Å². The maximum absolute atomic E-state index is 10.4. The molecular weight excluding hydrogens is 396 g/mol. The van der Waals surface area contributed by atoms with Gasteiger partial charge in [0.15, 0.2) is 0 Å². The van der Waals surface area contributed by atoms with Crippen LogP contribution in [0.2, 0.25) is 0 Å². The second kappa shape index (κ2) is 26.7. The Hall–Kier alpha value is -0.570. The van der Waals surface area contributed by atoms with E-state index in [0.29, 0.717) is 6.42 Å². The van der Waals surface area contributed by atoms with Crippen LogP contribution in [0.1, 0.15) is 174 Å². The van der Waals surface area contributed by atoms with Crippen molar-refractivity contribution in [1.29, 1.82) is 0 Å². The number of hydrogen-bond acceptors (Lipinski definition) is 2. The van der Waals surface area contributed by atoms with E-state index in [2.05, 4.69) is 6.92 Å². The first-order chi connectivity index (χ1) is 15.7. The van der Waals surface area contributed by atoms with Crippen LogP contribution in [-0.4, -0.2) is 22.3 Å². The standard InChI is InChI=1S/C29H58O3/c1-2-3-4-5-6-13-16-19-22-25-28(30)26-23-20-17-14-11-9-7-8-10-12-15-18-21-24-27-29(31)32/h28,30H,2-27H2,1H3,(H,31,32). The van der Waals surface area contributed by atoms with Crippen LogP contribution in [0.4, 0.5) is 0 Å². The predicted molar refractivity (Wildman–Crippen MR) is 139 cm³/mol. The van der Waals surface area contributed by atoms with Crippen LogP contribution in [0.3, 0.4) is 0 Å². The van der Waals surface area contributed by atoms with Crippen molar-refractivity contribution in [1.82, 2.24) is 0 Å². The lowest BCUT2D eigenvalue weighted by atomic mass is 10.0. The van der Waals surface area contributed by atoms with Gasteiger partial charge in [0.05, 0.1) is 6.10 Å². The molecule has 0 saturated heterocycles. The topological polar surface area (TPSA) is 57.5 Å². The van der Waals surface area contributed by atoms with E-state index in [9.17, 15) is 9.90 Å². The molecule has 0 fully saturated rings. The number of unbranched alkanes of at least 4 members (excludes halogenated alkanes) is 21. The smallest absolute Gasteiger partial charge is 0.303 e. The molecule has 2 N–H and O–H groups in total. The van der Waals surface area contributed by atoms with E-state index < -0.39 is 5.97 Å². The Morgan fingerprint density at radius 3 is 1.09 bits per heavy atom. The van der Waals surface area contributed by atoms with Crippen molar-refractivity contribution in [2.45, 2.75) is 180 Å². The highest BCUT2D eigenvalue weighted by atomic mass is 16.4. The summed E-state index contributed by atoms with van der Waals surface area (Å²) in [6.07, 6.45) is 32.2. The summed E-state index contributed by atoms with van der Waals surface area (Å²) in [5.41, 5.74) is 0. The number of carbonyl (C=O) groups is 1. The quantitative estimate of drug-likeness (QED) is 0.121. The zero-order chi connectivity index (χ0) is 23.5. The highest BCUT2D eigenvalue weighted by Gasteiger charge is 2.04. The third-order valence-corrected chi connectivity index (χ3v) is 6.82. The molecule has 0 aliphatic carbocycles. The molecule has 3 nitrogen and oxygen atoms in total. The first-order valence-corrected chi connectivity index (χ1v) is 14.6. The Kier molecular flexibility index (Phi) is 26.2. The lowest BCUT2D eigenvalue weighted by Crippen LogP contribution is -2.05. The molecule has 192 valence electrons. The fraction of sp³-hybridized carbons (Fsp3) is 0.966. The van der Waals surface area contributed by atoms with Gasteiger partial charge in [0.1, 0.15) is 0 Å². The van der Waals surface area contributed by atoms with Crippen LogP contribution in [0.25, 0.3) is 0 Å². The second-order valence-corrected chi connectivity index (χ2v) is 10.2. The van der Waals surface area contributed by atoms with Crippen LogP contribution in [0.5, 0.6) is 0 Å². The number of carboxylic acids is 1. The molecule has 1 unspecified atom stereocenters. The van der Waals surface area contributed by atoms with Crippen LogP contribution in [0, 0.1) is 0 Å². The Labute approximate surface area is 201 Å². The average molecular weight is 455 g/mol. The Morgan fingerprint density at radius 2 is 0.781 bits per heavy atom. The van der Waals surface area contributed by atoms with Crippen molar-refractivity contribution in [2.24, 2.45) is 0 Å². The fourth-order valence-corrected chi connectivity index (χ4v) is 4.61. The van der Waals surface area contributed by atoms with Gasteiger partial charge in [-0.1, -0.05) is 148 Å². The zero-order valence-corrected chi connectivity index (χ0v) is 21.8.